The van der Waals surface area contributed by atoms with Crippen LogP contribution in [0.25, 0.3) is 110 Å². The topological polar surface area (TPSA) is 43.5 Å². The second-order valence-corrected chi connectivity index (χ2v) is 21.2. The van der Waals surface area contributed by atoms with Crippen LogP contribution in [-0.4, -0.2) is 18.3 Å². The molecule has 0 unspecified atom stereocenters. The van der Waals surface area contributed by atoms with Crippen molar-refractivity contribution in [2.45, 2.75) is 79.1 Å². The predicted molar refractivity (Wildman–Crippen MR) is 305 cm³/mol. The number of aromatic nitrogens is 4. The minimum absolute atomic E-state index is 0.343. The van der Waals surface area contributed by atoms with Crippen LogP contribution >= 0.6 is 0 Å². The van der Waals surface area contributed by atoms with Crippen molar-refractivity contribution in [1.29, 1.82) is 5.26 Å². The molecule has 5 heteroatoms. The van der Waals surface area contributed by atoms with Crippen LogP contribution in [0.3, 0.4) is 0 Å². The van der Waals surface area contributed by atoms with E-state index < -0.39 is 0 Å². The Balaban J connectivity index is 1.32. The zero-order valence-electron chi connectivity index (χ0n) is 42.3. The maximum absolute atomic E-state index is 12.6. The van der Waals surface area contributed by atoms with Crippen LogP contribution in [0.2, 0.25) is 0 Å². The van der Waals surface area contributed by atoms with Gasteiger partial charge in [0, 0.05) is 43.1 Å². The maximum Gasteiger partial charge on any atom is 0.104 e. The molecule has 0 fully saturated rings. The highest BCUT2D eigenvalue weighted by Gasteiger charge is 2.31. The third kappa shape index (κ3) is 6.31. The largest absolute Gasteiger partial charge is 0.307 e. The van der Waals surface area contributed by atoms with E-state index in [4.69, 9.17) is 0 Å². The van der Waals surface area contributed by atoms with Crippen LogP contribution in [0.1, 0.15) is 107 Å². The molecule has 5 nitrogen and oxygen atoms in total. The number of nitrogens with zero attached hydrogens (tertiary/aromatic N) is 5. The lowest BCUT2D eigenvalue weighted by Gasteiger charge is -2.25. The Hall–Kier alpha value is -8.33. The van der Waals surface area contributed by atoms with Gasteiger partial charge < -0.3 is 18.3 Å². The Morgan fingerprint density at radius 1 is 0.292 bits per heavy atom. The van der Waals surface area contributed by atoms with Gasteiger partial charge in [0.15, 0.2) is 0 Å². The molecule has 0 aliphatic rings. The molecule has 9 aromatic carbocycles. The molecule has 72 heavy (non-hydrogen) atoms. The molecule has 4 heterocycles. The van der Waals surface area contributed by atoms with Crippen molar-refractivity contribution in [2.24, 2.45) is 0 Å². The predicted octanol–water partition coefficient (Wildman–Crippen LogP) is 18.4. The minimum Gasteiger partial charge on any atom is -0.307 e. The van der Waals surface area contributed by atoms with E-state index in [-0.39, 0.29) is 0 Å². The first-order valence-corrected chi connectivity index (χ1v) is 25.8. The molecule has 0 radical (unpaired) electrons. The third-order valence-electron chi connectivity index (χ3n) is 15.7. The van der Waals surface area contributed by atoms with Crippen LogP contribution in [0.4, 0.5) is 0 Å². The summed E-state index contributed by atoms with van der Waals surface area (Å²) in [6, 6.07) is 68.4. The average molecular weight is 932 g/mol. The summed E-state index contributed by atoms with van der Waals surface area (Å²) in [4.78, 5) is 0. The van der Waals surface area contributed by atoms with Crippen molar-refractivity contribution in [2.75, 3.05) is 0 Å². The summed E-state index contributed by atoms with van der Waals surface area (Å²) >= 11 is 0. The van der Waals surface area contributed by atoms with Gasteiger partial charge in [0.05, 0.1) is 66.9 Å². The van der Waals surface area contributed by atoms with Gasteiger partial charge in [-0.05, 0) is 125 Å². The Labute approximate surface area is 420 Å². The van der Waals surface area contributed by atoms with Gasteiger partial charge in [-0.3, -0.25) is 0 Å². The summed E-state index contributed by atoms with van der Waals surface area (Å²) in [6.07, 6.45) is 0. The fourth-order valence-electron chi connectivity index (χ4n) is 11.9. The van der Waals surface area contributed by atoms with Gasteiger partial charge in [0.1, 0.15) is 11.6 Å². The van der Waals surface area contributed by atoms with Gasteiger partial charge >= 0.3 is 0 Å². The van der Waals surface area contributed by atoms with Crippen LogP contribution in [0, 0.1) is 11.3 Å². The number of hydrogen-bond acceptors (Lipinski definition) is 1. The average Bonchev–Trinajstić information content (AvgIpc) is 4.12. The molecule has 13 aromatic rings. The van der Waals surface area contributed by atoms with Crippen molar-refractivity contribution in [3.05, 3.63) is 204 Å². The molecule has 0 aliphatic carbocycles. The lowest BCUT2D eigenvalue weighted by atomic mass is 10.0. The van der Waals surface area contributed by atoms with E-state index in [0.29, 0.717) is 29.2 Å². The summed E-state index contributed by atoms with van der Waals surface area (Å²) in [5.41, 5.74) is 17.8. The molecule has 0 aliphatic heterocycles. The first-order chi connectivity index (χ1) is 35.0. The Morgan fingerprint density at radius 2 is 0.542 bits per heavy atom. The quantitative estimate of drug-likeness (QED) is 0.150. The number of para-hydroxylation sites is 4. The Kier molecular flexibility index (Phi) is 9.93. The Bertz CT molecular complexity index is 4140. The van der Waals surface area contributed by atoms with Gasteiger partial charge in [-0.15, -0.1) is 0 Å². The van der Waals surface area contributed by atoms with Crippen molar-refractivity contribution >= 4 is 87.2 Å². The van der Waals surface area contributed by atoms with Crippen molar-refractivity contribution in [1.82, 2.24) is 18.3 Å². The van der Waals surface area contributed by atoms with Crippen LogP contribution in [0.5, 0.6) is 0 Å². The van der Waals surface area contributed by atoms with Gasteiger partial charge in [-0.25, -0.2) is 0 Å². The number of fused-ring (bicyclic) bond motifs is 12. The number of hydrogen-bond donors (Lipinski definition) is 0. The molecule has 0 N–H and O–H groups in total. The van der Waals surface area contributed by atoms with Crippen molar-refractivity contribution in [3.63, 3.8) is 0 Å². The van der Waals surface area contributed by atoms with Gasteiger partial charge in [0.25, 0.3) is 0 Å². The second-order valence-electron chi connectivity index (χ2n) is 21.2. The molecular weight excluding hydrogens is 875 g/mol. The summed E-state index contributed by atoms with van der Waals surface area (Å²) in [7, 11) is 0. The molecule has 0 atom stereocenters. The molecule has 0 bridgehead atoms. The Morgan fingerprint density at radius 3 is 0.819 bits per heavy atom. The molecule has 0 saturated heterocycles. The lowest BCUT2D eigenvalue weighted by molar-refractivity contribution is 0.868. The number of benzene rings is 9. The van der Waals surface area contributed by atoms with Gasteiger partial charge in [-0.2, -0.15) is 5.26 Å². The van der Waals surface area contributed by atoms with E-state index in [9.17, 15) is 5.26 Å². The smallest absolute Gasteiger partial charge is 0.104 e. The van der Waals surface area contributed by atoms with Crippen molar-refractivity contribution in [3.8, 4) is 28.8 Å². The first-order valence-electron chi connectivity index (χ1n) is 25.8. The van der Waals surface area contributed by atoms with Gasteiger partial charge in [0.2, 0.25) is 0 Å². The van der Waals surface area contributed by atoms with Gasteiger partial charge in [-0.1, -0.05) is 152 Å². The zero-order valence-corrected chi connectivity index (χ0v) is 42.3. The van der Waals surface area contributed by atoms with Crippen molar-refractivity contribution < 1.29 is 0 Å². The van der Waals surface area contributed by atoms with E-state index in [2.05, 4.69) is 256 Å². The molecule has 0 amide bonds. The molecular formula is C67H57N5. The monoisotopic (exact) mass is 931 g/mol. The molecule has 0 saturated carbocycles. The van der Waals surface area contributed by atoms with Crippen LogP contribution < -0.4 is 0 Å². The third-order valence-corrected chi connectivity index (χ3v) is 15.7. The summed E-state index contributed by atoms with van der Waals surface area (Å²) in [5.74, 6) is 1.39. The maximum atomic E-state index is 12.6. The number of nitriles is 1. The highest BCUT2D eigenvalue weighted by Crippen LogP contribution is 2.47. The van der Waals surface area contributed by atoms with Crippen LogP contribution in [-0.2, 0) is 0 Å². The fourth-order valence-corrected chi connectivity index (χ4v) is 11.9. The van der Waals surface area contributed by atoms with E-state index in [1.54, 1.807) is 0 Å². The molecule has 350 valence electrons. The SMILES string of the molecule is CC(C)c1ccc2c(c1)c1ccccc1n2-c1cc(-n2c3ccccc3c3cc(C(C)C)ccc32)c(-n2c3ccccc3c3cc(C(C)C)ccc32)c(C#N)c1-n1c2ccccc2c2cc(C(C)C)ccc21. The highest BCUT2D eigenvalue weighted by molar-refractivity contribution is 6.15. The summed E-state index contributed by atoms with van der Waals surface area (Å²) in [5, 5.41) is 22.0. The fraction of sp³-hybridized carbons (Fsp3) is 0.179. The molecule has 4 aromatic heterocycles. The lowest BCUT2D eigenvalue weighted by Crippen LogP contribution is -2.13. The first kappa shape index (κ1) is 43.7. The summed E-state index contributed by atoms with van der Waals surface area (Å²) < 4.78 is 9.72. The van der Waals surface area contributed by atoms with E-state index in [1.807, 2.05) is 0 Å². The molecule has 0 spiro atoms. The molecule has 13 rings (SSSR count). The van der Waals surface area contributed by atoms with Crippen LogP contribution in [0.15, 0.2) is 176 Å². The minimum atomic E-state index is 0.343. The van der Waals surface area contributed by atoms with E-state index in [1.165, 1.54) is 54.6 Å². The standard InChI is InChI=1S/C67H57N5/c1-39(2)43-25-29-60-51(33-43)47-17-9-13-21-56(47)69(60)64-37-65(70-57-22-14-10-18-48(57)52-34-44(40(3)4)26-30-61(52)70)67(72-59-24-16-12-20-50(59)54-36-46(42(7)8)28-32-63(54)72)55(38-68)66(64)71-58-23-15-11-19-49(58)53-35-45(41(5)6)27-31-62(53)71/h9-37,39-42H,1-8H3. The second kappa shape index (κ2) is 16.4. The van der Waals surface area contributed by atoms with E-state index in [0.717, 1.165) is 77.7 Å². The summed E-state index contributed by atoms with van der Waals surface area (Å²) in [6.45, 7) is 18.1. The normalized spacial score (nSPS) is 12.4. The van der Waals surface area contributed by atoms with E-state index >= 15 is 0 Å². The highest BCUT2D eigenvalue weighted by atomic mass is 15.1. The number of rotatable bonds is 8. The zero-order chi connectivity index (χ0) is 49.3.